The fourth-order valence-corrected chi connectivity index (χ4v) is 3.15. The van der Waals surface area contributed by atoms with Crippen molar-refractivity contribution in [2.45, 2.75) is 25.9 Å². The van der Waals surface area contributed by atoms with E-state index in [2.05, 4.69) is 20.0 Å². The van der Waals surface area contributed by atoms with E-state index in [4.69, 9.17) is 15.0 Å². The molecule has 0 spiro atoms. The van der Waals surface area contributed by atoms with Crippen LogP contribution in [-0.4, -0.2) is 28.9 Å². The SMILES string of the molecule is N/C(=N\OCc1coc(-c2ccccc2)n1)c1ccc(N2CCCCC2)nc1. The molecule has 0 saturated carbocycles. The van der Waals surface area contributed by atoms with Crippen molar-refractivity contribution in [3.8, 4) is 11.5 Å². The van der Waals surface area contributed by atoms with Gasteiger partial charge in [0.25, 0.3) is 0 Å². The first-order valence-electron chi connectivity index (χ1n) is 9.46. The highest BCUT2D eigenvalue weighted by atomic mass is 16.6. The fraction of sp³-hybridized carbons (Fsp3) is 0.286. The quantitative estimate of drug-likeness (QED) is 0.401. The van der Waals surface area contributed by atoms with Gasteiger partial charge in [0.15, 0.2) is 12.4 Å². The number of pyridine rings is 1. The van der Waals surface area contributed by atoms with Gasteiger partial charge in [-0.15, -0.1) is 0 Å². The number of piperidine rings is 1. The molecule has 1 fully saturated rings. The summed E-state index contributed by atoms with van der Waals surface area (Å²) in [4.78, 5) is 16.5. The summed E-state index contributed by atoms with van der Waals surface area (Å²) in [6.07, 6.45) is 7.02. The number of rotatable bonds is 6. The molecule has 4 rings (SSSR count). The van der Waals surface area contributed by atoms with Crippen LogP contribution >= 0.6 is 0 Å². The topological polar surface area (TPSA) is 89.8 Å². The van der Waals surface area contributed by atoms with E-state index in [1.165, 1.54) is 19.3 Å². The van der Waals surface area contributed by atoms with Gasteiger partial charge in [-0.3, -0.25) is 0 Å². The molecule has 3 heterocycles. The predicted octanol–water partition coefficient (Wildman–Crippen LogP) is 3.56. The van der Waals surface area contributed by atoms with Crippen molar-refractivity contribution in [1.29, 1.82) is 0 Å². The highest BCUT2D eigenvalue weighted by Gasteiger charge is 2.12. The molecule has 2 aromatic heterocycles. The lowest BCUT2D eigenvalue weighted by atomic mass is 10.1. The lowest BCUT2D eigenvalue weighted by Gasteiger charge is -2.27. The van der Waals surface area contributed by atoms with Crippen molar-refractivity contribution in [3.63, 3.8) is 0 Å². The van der Waals surface area contributed by atoms with Crippen LogP contribution in [-0.2, 0) is 11.4 Å². The first-order valence-corrected chi connectivity index (χ1v) is 9.46. The predicted molar refractivity (Wildman–Crippen MR) is 108 cm³/mol. The Labute approximate surface area is 163 Å². The summed E-state index contributed by atoms with van der Waals surface area (Å²) in [5.74, 6) is 1.81. The van der Waals surface area contributed by atoms with Gasteiger partial charge in [-0.2, -0.15) is 0 Å². The number of amidine groups is 1. The molecule has 28 heavy (non-hydrogen) atoms. The Morgan fingerprint density at radius 3 is 2.68 bits per heavy atom. The summed E-state index contributed by atoms with van der Waals surface area (Å²) in [5, 5.41) is 3.97. The van der Waals surface area contributed by atoms with Gasteiger partial charge >= 0.3 is 0 Å². The van der Waals surface area contributed by atoms with Gasteiger partial charge in [0.1, 0.15) is 17.8 Å². The van der Waals surface area contributed by atoms with Gasteiger partial charge in [0, 0.05) is 30.4 Å². The molecule has 2 N–H and O–H groups in total. The van der Waals surface area contributed by atoms with Crippen molar-refractivity contribution in [1.82, 2.24) is 9.97 Å². The second-order valence-electron chi connectivity index (χ2n) is 6.71. The van der Waals surface area contributed by atoms with Crippen molar-refractivity contribution < 1.29 is 9.25 Å². The van der Waals surface area contributed by atoms with Crippen LogP contribution in [0.25, 0.3) is 11.5 Å². The summed E-state index contributed by atoms with van der Waals surface area (Å²) in [6.45, 7) is 2.29. The molecular weight excluding hydrogens is 354 g/mol. The summed E-state index contributed by atoms with van der Waals surface area (Å²) in [6, 6.07) is 13.6. The minimum absolute atomic E-state index is 0.177. The van der Waals surface area contributed by atoms with Crippen LogP contribution in [0.3, 0.4) is 0 Å². The molecule has 1 aromatic carbocycles. The molecule has 1 aliphatic rings. The van der Waals surface area contributed by atoms with Gasteiger partial charge in [-0.25, -0.2) is 9.97 Å². The molecule has 0 bridgehead atoms. The molecule has 0 amide bonds. The molecule has 1 saturated heterocycles. The number of oxazole rings is 1. The Morgan fingerprint density at radius 2 is 1.93 bits per heavy atom. The smallest absolute Gasteiger partial charge is 0.226 e. The Balaban J connectivity index is 1.34. The van der Waals surface area contributed by atoms with E-state index >= 15 is 0 Å². The molecular formula is C21H23N5O2. The molecule has 7 heteroatoms. The summed E-state index contributed by atoms with van der Waals surface area (Å²) < 4.78 is 5.48. The third kappa shape index (κ3) is 4.31. The van der Waals surface area contributed by atoms with Crippen LogP contribution in [0, 0.1) is 0 Å². The first-order chi connectivity index (χ1) is 13.8. The Bertz CT molecular complexity index is 915. The van der Waals surface area contributed by atoms with E-state index in [1.54, 1.807) is 12.5 Å². The maximum atomic E-state index is 6.01. The zero-order valence-electron chi connectivity index (χ0n) is 15.6. The highest BCUT2D eigenvalue weighted by Crippen LogP contribution is 2.19. The van der Waals surface area contributed by atoms with E-state index in [-0.39, 0.29) is 12.4 Å². The van der Waals surface area contributed by atoms with E-state index in [1.807, 2.05) is 42.5 Å². The van der Waals surface area contributed by atoms with Crippen molar-refractivity contribution in [3.05, 3.63) is 66.2 Å². The number of nitrogens with zero attached hydrogens (tertiary/aromatic N) is 4. The van der Waals surface area contributed by atoms with E-state index in [0.717, 1.165) is 30.0 Å². The maximum absolute atomic E-state index is 6.01. The molecule has 0 aliphatic carbocycles. The van der Waals surface area contributed by atoms with Crippen LogP contribution in [0.1, 0.15) is 30.5 Å². The molecule has 3 aromatic rings. The zero-order valence-corrected chi connectivity index (χ0v) is 15.6. The number of anilines is 1. The highest BCUT2D eigenvalue weighted by molar-refractivity contribution is 5.96. The number of benzene rings is 1. The second-order valence-corrected chi connectivity index (χ2v) is 6.71. The van der Waals surface area contributed by atoms with Gasteiger partial charge < -0.3 is 19.9 Å². The van der Waals surface area contributed by atoms with E-state index < -0.39 is 0 Å². The monoisotopic (exact) mass is 377 g/mol. The van der Waals surface area contributed by atoms with E-state index in [0.29, 0.717) is 11.6 Å². The number of hydrogen-bond donors (Lipinski definition) is 1. The zero-order chi connectivity index (χ0) is 19.2. The average Bonchev–Trinajstić information content (AvgIpc) is 3.24. The van der Waals surface area contributed by atoms with Crippen molar-refractivity contribution in [2.75, 3.05) is 18.0 Å². The number of aromatic nitrogens is 2. The van der Waals surface area contributed by atoms with Gasteiger partial charge in [0.2, 0.25) is 5.89 Å². The summed E-state index contributed by atoms with van der Waals surface area (Å²) in [5.41, 5.74) is 8.30. The minimum atomic E-state index is 0.177. The van der Waals surface area contributed by atoms with Crippen LogP contribution in [0.2, 0.25) is 0 Å². The lowest BCUT2D eigenvalue weighted by molar-refractivity contribution is 0.127. The molecule has 7 nitrogen and oxygen atoms in total. The minimum Gasteiger partial charge on any atom is -0.444 e. The molecule has 0 unspecified atom stereocenters. The third-order valence-corrected chi connectivity index (χ3v) is 4.67. The third-order valence-electron chi connectivity index (χ3n) is 4.67. The van der Waals surface area contributed by atoms with E-state index in [9.17, 15) is 0 Å². The lowest BCUT2D eigenvalue weighted by Crippen LogP contribution is -2.30. The van der Waals surface area contributed by atoms with Crippen LogP contribution in [0.5, 0.6) is 0 Å². The molecule has 0 radical (unpaired) electrons. The normalized spacial score (nSPS) is 14.9. The van der Waals surface area contributed by atoms with Crippen LogP contribution in [0.4, 0.5) is 5.82 Å². The number of oxime groups is 1. The number of nitrogens with two attached hydrogens (primary N) is 1. The molecule has 0 atom stereocenters. The summed E-state index contributed by atoms with van der Waals surface area (Å²) in [7, 11) is 0. The van der Waals surface area contributed by atoms with Crippen LogP contribution in [0.15, 0.2) is 64.5 Å². The number of hydrogen-bond acceptors (Lipinski definition) is 6. The second kappa shape index (κ2) is 8.56. The van der Waals surface area contributed by atoms with Crippen molar-refractivity contribution >= 4 is 11.7 Å². The van der Waals surface area contributed by atoms with Gasteiger partial charge in [-0.05, 0) is 43.5 Å². The molecule has 144 valence electrons. The Kier molecular flexibility index (Phi) is 5.51. The fourth-order valence-electron chi connectivity index (χ4n) is 3.15. The van der Waals surface area contributed by atoms with Crippen LogP contribution < -0.4 is 10.6 Å². The van der Waals surface area contributed by atoms with Gasteiger partial charge in [0.05, 0.1) is 0 Å². The maximum Gasteiger partial charge on any atom is 0.226 e. The first kappa shape index (κ1) is 18.0. The summed E-state index contributed by atoms with van der Waals surface area (Å²) >= 11 is 0. The standard InChI is InChI=1S/C21H23N5O2/c22-20(17-9-10-19(23-13-17)26-11-5-2-6-12-26)25-28-15-18-14-27-21(24-18)16-7-3-1-4-8-16/h1,3-4,7-10,13-14H,2,5-6,11-12,15H2,(H2,22,25). The molecule has 1 aliphatic heterocycles. The van der Waals surface area contributed by atoms with Crippen molar-refractivity contribution in [2.24, 2.45) is 10.9 Å². The Hall–Kier alpha value is -3.35. The largest absolute Gasteiger partial charge is 0.444 e. The average molecular weight is 377 g/mol. The van der Waals surface area contributed by atoms with Gasteiger partial charge in [-0.1, -0.05) is 23.4 Å². The Morgan fingerprint density at radius 1 is 1.11 bits per heavy atom.